The lowest BCUT2D eigenvalue weighted by atomic mass is 10.1. The first kappa shape index (κ1) is 19.0. The smallest absolute Gasteiger partial charge is 0.257 e. The van der Waals surface area contributed by atoms with Gasteiger partial charge in [-0.15, -0.1) is 0 Å². The molecule has 1 N–H and O–H groups in total. The number of sulfonamides is 1. The van der Waals surface area contributed by atoms with E-state index in [0.29, 0.717) is 9.99 Å². The molecule has 136 valence electrons. The fourth-order valence-corrected chi connectivity index (χ4v) is 4.53. The fourth-order valence-electron chi connectivity index (χ4n) is 2.47. The lowest BCUT2D eigenvalue weighted by Gasteiger charge is -2.16. The summed E-state index contributed by atoms with van der Waals surface area (Å²) in [6.07, 6.45) is -0.0878. The second-order valence-corrected chi connectivity index (χ2v) is 8.57. The van der Waals surface area contributed by atoms with Crippen LogP contribution in [0.2, 0.25) is 15.1 Å². The number of carbonyl (C=O) groups excluding carboxylic acids is 2. The SMILES string of the molecule is O=C(Nc1cccc(Cl)c1Cl)c1ccc(N2C(=O)CCS2(=O)=O)cc1Cl. The number of halogens is 3. The molecule has 0 bridgehead atoms. The zero-order chi connectivity index (χ0) is 19.1. The summed E-state index contributed by atoms with van der Waals surface area (Å²) in [5.74, 6) is -1.34. The number of anilines is 2. The van der Waals surface area contributed by atoms with Gasteiger partial charge in [-0.3, -0.25) is 9.59 Å². The third-order valence-corrected chi connectivity index (χ3v) is 6.53. The topological polar surface area (TPSA) is 83.6 Å². The Hall–Kier alpha value is -1.80. The normalized spacial score (nSPS) is 16.0. The molecule has 0 atom stereocenters. The van der Waals surface area contributed by atoms with Crippen molar-refractivity contribution in [1.29, 1.82) is 0 Å². The second kappa shape index (κ2) is 7.08. The minimum absolute atomic E-state index is 0.00643. The lowest BCUT2D eigenvalue weighted by Crippen LogP contribution is -2.29. The van der Waals surface area contributed by atoms with Crippen molar-refractivity contribution in [2.75, 3.05) is 15.4 Å². The second-order valence-electron chi connectivity index (χ2n) is 5.44. The van der Waals surface area contributed by atoms with Crippen molar-refractivity contribution in [2.45, 2.75) is 6.42 Å². The van der Waals surface area contributed by atoms with Gasteiger partial charge in [0.1, 0.15) is 0 Å². The van der Waals surface area contributed by atoms with Gasteiger partial charge in [0.2, 0.25) is 15.9 Å². The summed E-state index contributed by atoms with van der Waals surface area (Å²) < 4.78 is 24.6. The molecule has 2 aromatic carbocycles. The van der Waals surface area contributed by atoms with Gasteiger partial charge in [-0.25, -0.2) is 12.7 Å². The highest BCUT2D eigenvalue weighted by Gasteiger charge is 2.36. The van der Waals surface area contributed by atoms with Crippen LogP contribution in [-0.2, 0) is 14.8 Å². The standard InChI is InChI=1S/C16H11Cl3N2O4S/c17-11-2-1-3-13(15(11)19)20-16(23)10-5-4-9(8-12(10)18)21-14(22)6-7-26(21,24)25/h1-5,8H,6-7H2,(H,20,23). The number of hydrogen-bond acceptors (Lipinski definition) is 4. The largest absolute Gasteiger partial charge is 0.321 e. The minimum atomic E-state index is -3.71. The first-order valence-electron chi connectivity index (χ1n) is 7.31. The number of rotatable bonds is 3. The van der Waals surface area contributed by atoms with Crippen molar-refractivity contribution >= 4 is 68.0 Å². The highest BCUT2D eigenvalue weighted by atomic mass is 35.5. The highest BCUT2D eigenvalue weighted by molar-refractivity contribution is 7.94. The van der Waals surface area contributed by atoms with Crippen molar-refractivity contribution in [3.8, 4) is 0 Å². The fraction of sp³-hybridized carbons (Fsp3) is 0.125. The molecule has 3 rings (SSSR count). The zero-order valence-electron chi connectivity index (χ0n) is 13.0. The molecule has 0 saturated carbocycles. The van der Waals surface area contributed by atoms with Gasteiger partial charge in [0.25, 0.3) is 5.91 Å². The third-order valence-electron chi connectivity index (χ3n) is 3.71. The van der Waals surface area contributed by atoms with Crippen LogP contribution in [0.4, 0.5) is 11.4 Å². The van der Waals surface area contributed by atoms with Gasteiger partial charge >= 0.3 is 0 Å². The van der Waals surface area contributed by atoms with E-state index in [2.05, 4.69) is 5.32 Å². The van der Waals surface area contributed by atoms with E-state index >= 15 is 0 Å². The Labute approximate surface area is 164 Å². The Morgan fingerprint density at radius 2 is 1.81 bits per heavy atom. The van der Waals surface area contributed by atoms with Crippen LogP contribution >= 0.6 is 34.8 Å². The maximum absolute atomic E-state index is 12.4. The third kappa shape index (κ3) is 3.53. The number of carbonyl (C=O) groups is 2. The van der Waals surface area contributed by atoms with E-state index in [1.54, 1.807) is 18.2 Å². The molecule has 1 aliphatic rings. The molecule has 1 saturated heterocycles. The predicted octanol–water partition coefficient (Wildman–Crippen LogP) is 3.97. The number of benzene rings is 2. The summed E-state index contributed by atoms with van der Waals surface area (Å²) in [6.45, 7) is 0. The Kier molecular flexibility index (Phi) is 5.16. The molecule has 0 unspecified atom stereocenters. The van der Waals surface area contributed by atoms with Crippen molar-refractivity contribution in [2.24, 2.45) is 0 Å². The van der Waals surface area contributed by atoms with Crippen molar-refractivity contribution in [3.63, 3.8) is 0 Å². The van der Waals surface area contributed by atoms with Gasteiger partial charge in [-0.05, 0) is 30.3 Å². The maximum atomic E-state index is 12.4. The van der Waals surface area contributed by atoms with E-state index in [4.69, 9.17) is 34.8 Å². The molecule has 6 nitrogen and oxygen atoms in total. The molecule has 0 radical (unpaired) electrons. The average molecular weight is 434 g/mol. The van der Waals surface area contributed by atoms with Gasteiger partial charge in [-0.2, -0.15) is 0 Å². The molecule has 1 heterocycles. The molecule has 2 aromatic rings. The van der Waals surface area contributed by atoms with Gasteiger partial charge in [-0.1, -0.05) is 40.9 Å². The molecule has 26 heavy (non-hydrogen) atoms. The van der Waals surface area contributed by atoms with Crippen LogP contribution < -0.4 is 9.62 Å². The molecule has 0 aliphatic carbocycles. The van der Waals surface area contributed by atoms with Gasteiger partial charge in [0, 0.05) is 6.42 Å². The van der Waals surface area contributed by atoms with E-state index < -0.39 is 21.8 Å². The molecule has 1 aliphatic heterocycles. The summed E-state index contributed by atoms with van der Waals surface area (Å²) >= 11 is 18.1. The zero-order valence-corrected chi connectivity index (χ0v) is 16.1. The molecule has 2 amide bonds. The summed E-state index contributed by atoms with van der Waals surface area (Å²) in [6, 6.07) is 8.72. The quantitative estimate of drug-likeness (QED) is 0.794. The van der Waals surface area contributed by atoms with E-state index in [-0.39, 0.29) is 38.5 Å². The molecular formula is C16H11Cl3N2O4S. The van der Waals surface area contributed by atoms with E-state index in [1.807, 2.05) is 0 Å². The molecular weight excluding hydrogens is 423 g/mol. The van der Waals surface area contributed by atoms with Gasteiger partial charge < -0.3 is 5.32 Å². The lowest BCUT2D eigenvalue weighted by molar-refractivity contribution is -0.116. The average Bonchev–Trinajstić information content (AvgIpc) is 2.84. The van der Waals surface area contributed by atoms with Crippen LogP contribution in [0.15, 0.2) is 36.4 Å². The van der Waals surface area contributed by atoms with Crippen LogP contribution in [0.25, 0.3) is 0 Å². The first-order chi connectivity index (χ1) is 12.2. The molecule has 0 aromatic heterocycles. The van der Waals surface area contributed by atoms with Crippen molar-refractivity contribution < 1.29 is 18.0 Å². The van der Waals surface area contributed by atoms with E-state index in [1.165, 1.54) is 18.2 Å². The van der Waals surface area contributed by atoms with Gasteiger partial charge in [0.15, 0.2) is 0 Å². The summed E-state index contributed by atoms with van der Waals surface area (Å²) in [5.41, 5.74) is 0.493. The van der Waals surface area contributed by atoms with E-state index in [9.17, 15) is 18.0 Å². The van der Waals surface area contributed by atoms with Crippen LogP contribution in [0.5, 0.6) is 0 Å². The molecule has 1 fully saturated rings. The predicted molar refractivity (Wildman–Crippen MR) is 102 cm³/mol. The van der Waals surface area contributed by atoms with Gasteiger partial charge in [0.05, 0.1) is 37.8 Å². The van der Waals surface area contributed by atoms with Crippen LogP contribution in [-0.4, -0.2) is 26.0 Å². The number of hydrogen-bond donors (Lipinski definition) is 1. The molecule has 10 heteroatoms. The number of nitrogens with one attached hydrogen (secondary N) is 1. The Bertz CT molecular complexity index is 1020. The highest BCUT2D eigenvalue weighted by Crippen LogP contribution is 2.32. The number of amides is 2. The Balaban J connectivity index is 1.89. The van der Waals surface area contributed by atoms with Crippen LogP contribution in [0, 0.1) is 0 Å². The van der Waals surface area contributed by atoms with Crippen LogP contribution in [0.1, 0.15) is 16.8 Å². The Morgan fingerprint density at radius 1 is 1.08 bits per heavy atom. The Morgan fingerprint density at radius 3 is 2.42 bits per heavy atom. The summed E-state index contributed by atoms with van der Waals surface area (Å²) in [5, 5.41) is 3.04. The van der Waals surface area contributed by atoms with Crippen molar-refractivity contribution in [3.05, 3.63) is 57.0 Å². The first-order valence-corrected chi connectivity index (χ1v) is 10.1. The summed E-state index contributed by atoms with van der Waals surface area (Å²) in [7, 11) is -3.71. The number of nitrogens with zero attached hydrogens (tertiary/aromatic N) is 1. The monoisotopic (exact) mass is 432 g/mol. The minimum Gasteiger partial charge on any atom is -0.321 e. The molecule has 0 spiro atoms. The maximum Gasteiger partial charge on any atom is 0.257 e. The van der Waals surface area contributed by atoms with Crippen LogP contribution in [0.3, 0.4) is 0 Å². The van der Waals surface area contributed by atoms with E-state index in [0.717, 1.165) is 0 Å². The summed E-state index contributed by atoms with van der Waals surface area (Å²) in [4.78, 5) is 24.3. The van der Waals surface area contributed by atoms with Crippen molar-refractivity contribution in [1.82, 2.24) is 0 Å².